The van der Waals surface area contributed by atoms with E-state index in [0.717, 1.165) is 12.0 Å². The van der Waals surface area contributed by atoms with Crippen molar-refractivity contribution in [1.29, 1.82) is 0 Å². The molecule has 1 spiro atoms. The van der Waals surface area contributed by atoms with Crippen LogP contribution in [0.3, 0.4) is 0 Å². The van der Waals surface area contributed by atoms with E-state index in [4.69, 9.17) is 9.47 Å². The maximum Gasteiger partial charge on any atom is 0.509 e. The van der Waals surface area contributed by atoms with Gasteiger partial charge in [-0.2, -0.15) is 0 Å². The second-order valence-corrected chi connectivity index (χ2v) is 7.95. The number of benzene rings is 1. The monoisotopic (exact) mass is 329 g/mol. The minimum absolute atomic E-state index is 0.0243. The van der Waals surface area contributed by atoms with Crippen LogP contribution in [0.15, 0.2) is 30.3 Å². The van der Waals surface area contributed by atoms with Crippen molar-refractivity contribution in [3.8, 4) is 0 Å². The van der Waals surface area contributed by atoms with Gasteiger partial charge < -0.3 is 14.4 Å². The number of rotatable bonds is 2. The van der Waals surface area contributed by atoms with Crippen molar-refractivity contribution >= 4 is 12.1 Å². The summed E-state index contributed by atoms with van der Waals surface area (Å²) in [7, 11) is 0. The molecule has 1 atom stereocenters. The average molecular weight is 329 g/mol. The average Bonchev–Trinajstić information content (AvgIpc) is 3.00. The predicted molar refractivity (Wildman–Crippen MR) is 87.5 cm³/mol. The van der Waals surface area contributed by atoms with Gasteiger partial charge in [-0.1, -0.05) is 44.2 Å². The molecule has 0 radical (unpaired) electrons. The Morgan fingerprint density at radius 2 is 1.75 bits per heavy atom. The lowest BCUT2D eigenvalue weighted by Crippen LogP contribution is -2.51. The summed E-state index contributed by atoms with van der Waals surface area (Å²) in [5.41, 5.74) is 0.147. The Balaban J connectivity index is 1.53. The number of hydrogen-bond donors (Lipinski definition) is 0. The third kappa shape index (κ3) is 2.14. The number of ether oxygens (including phenoxy) is 2. The standard InChI is InChI=1S/C19H23NO4/c1-17(2)12-19(17,14-6-4-3-5-7-14)15(21)20-10-8-18(9-11-20)13-23-16(22)24-18/h3-7H,8-13H2,1-2H3. The van der Waals surface area contributed by atoms with Crippen molar-refractivity contribution in [2.75, 3.05) is 19.7 Å². The maximum absolute atomic E-state index is 13.4. The second kappa shape index (κ2) is 4.98. The summed E-state index contributed by atoms with van der Waals surface area (Å²) >= 11 is 0. The van der Waals surface area contributed by atoms with Crippen LogP contribution in [0.4, 0.5) is 4.79 Å². The second-order valence-electron chi connectivity index (χ2n) is 7.95. The molecule has 0 N–H and O–H groups in total. The third-order valence-electron chi connectivity index (χ3n) is 6.08. The summed E-state index contributed by atoms with van der Waals surface area (Å²) in [5, 5.41) is 0. The Morgan fingerprint density at radius 3 is 2.25 bits per heavy atom. The van der Waals surface area contributed by atoms with Crippen LogP contribution in [0.2, 0.25) is 0 Å². The van der Waals surface area contributed by atoms with E-state index in [0.29, 0.717) is 32.5 Å². The molecule has 3 fully saturated rings. The van der Waals surface area contributed by atoms with Gasteiger partial charge in [-0.05, 0) is 17.4 Å². The fourth-order valence-corrected chi connectivity index (χ4v) is 4.38. The quantitative estimate of drug-likeness (QED) is 0.783. The van der Waals surface area contributed by atoms with E-state index in [1.807, 2.05) is 23.1 Å². The molecule has 0 bridgehead atoms. The first-order chi connectivity index (χ1) is 11.4. The summed E-state index contributed by atoms with van der Waals surface area (Å²) < 4.78 is 10.3. The van der Waals surface area contributed by atoms with Gasteiger partial charge in [-0.3, -0.25) is 4.79 Å². The topological polar surface area (TPSA) is 55.8 Å². The molecule has 4 rings (SSSR count). The van der Waals surface area contributed by atoms with Gasteiger partial charge in [0.1, 0.15) is 6.61 Å². The van der Waals surface area contributed by atoms with Crippen LogP contribution >= 0.6 is 0 Å². The number of cyclic esters (lactones) is 1. The van der Waals surface area contributed by atoms with Crippen molar-refractivity contribution in [3.63, 3.8) is 0 Å². The van der Waals surface area contributed by atoms with Crippen LogP contribution in [-0.4, -0.2) is 42.3 Å². The van der Waals surface area contributed by atoms with Crippen molar-refractivity contribution < 1.29 is 19.1 Å². The summed E-state index contributed by atoms with van der Waals surface area (Å²) in [6.07, 6.45) is 1.59. The summed E-state index contributed by atoms with van der Waals surface area (Å²) in [4.78, 5) is 26.5. The molecule has 2 aliphatic heterocycles. The molecule has 1 aromatic rings. The number of carbonyl (C=O) groups is 2. The lowest BCUT2D eigenvalue weighted by molar-refractivity contribution is -0.138. The van der Waals surface area contributed by atoms with Crippen LogP contribution in [0.5, 0.6) is 0 Å². The van der Waals surface area contributed by atoms with Gasteiger partial charge in [-0.15, -0.1) is 0 Å². The lowest BCUT2D eigenvalue weighted by Gasteiger charge is -2.38. The molecule has 1 saturated carbocycles. The number of hydrogen-bond acceptors (Lipinski definition) is 4. The number of nitrogens with zero attached hydrogens (tertiary/aromatic N) is 1. The van der Waals surface area contributed by atoms with Crippen LogP contribution < -0.4 is 0 Å². The van der Waals surface area contributed by atoms with Gasteiger partial charge in [0.2, 0.25) is 5.91 Å². The Hall–Kier alpha value is -2.04. The van der Waals surface area contributed by atoms with Crippen LogP contribution in [0, 0.1) is 5.41 Å². The summed E-state index contributed by atoms with van der Waals surface area (Å²) in [6, 6.07) is 10.1. The zero-order valence-electron chi connectivity index (χ0n) is 14.2. The van der Waals surface area contributed by atoms with Gasteiger partial charge in [-0.25, -0.2) is 4.79 Å². The van der Waals surface area contributed by atoms with Crippen LogP contribution in [0.1, 0.15) is 38.7 Å². The highest BCUT2D eigenvalue weighted by Crippen LogP contribution is 2.65. The van der Waals surface area contributed by atoms with Gasteiger partial charge in [0.25, 0.3) is 0 Å². The predicted octanol–water partition coefficient (Wildman–Crippen LogP) is 2.88. The Bertz CT molecular complexity index is 676. The van der Waals surface area contributed by atoms with E-state index in [1.54, 1.807) is 0 Å². The van der Waals surface area contributed by atoms with Gasteiger partial charge in [0.15, 0.2) is 5.60 Å². The summed E-state index contributed by atoms with van der Waals surface area (Å²) in [6.45, 7) is 5.86. The number of amides is 1. The highest BCUT2D eigenvalue weighted by Gasteiger charge is 2.68. The van der Waals surface area contributed by atoms with Gasteiger partial charge >= 0.3 is 6.16 Å². The molecular weight excluding hydrogens is 306 g/mol. The molecule has 5 nitrogen and oxygen atoms in total. The minimum atomic E-state index is -0.584. The Morgan fingerprint density at radius 1 is 1.12 bits per heavy atom. The van der Waals surface area contributed by atoms with Gasteiger partial charge in [0, 0.05) is 25.9 Å². The molecule has 0 aromatic heterocycles. The SMILES string of the molecule is CC1(C)CC1(C(=O)N1CCC2(CC1)COC(=O)O2)c1ccccc1. The van der Waals surface area contributed by atoms with Crippen molar-refractivity contribution in [2.24, 2.45) is 5.41 Å². The highest BCUT2D eigenvalue weighted by molar-refractivity contribution is 5.93. The van der Waals surface area contributed by atoms with E-state index >= 15 is 0 Å². The fourth-order valence-electron chi connectivity index (χ4n) is 4.38. The van der Waals surface area contributed by atoms with E-state index in [-0.39, 0.29) is 11.3 Å². The highest BCUT2D eigenvalue weighted by atomic mass is 16.8. The van der Waals surface area contributed by atoms with E-state index < -0.39 is 17.2 Å². The molecular formula is C19H23NO4. The summed E-state index contributed by atoms with van der Waals surface area (Å²) in [5.74, 6) is 0.207. The molecule has 2 saturated heterocycles. The van der Waals surface area contributed by atoms with E-state index in [9.17, 15) is 9.59 Å². The molecule has 2 heterocycles. The Labute approximate surface area is 141 Å². The first-order valence-electron chi connectivity index (χ1n) is 8.59. The largest absolute Gasteiger partial charge is 0.509 e. The zero-order valence-corrected chi connectivity index (χ0v) is 14.2. The zero-order chi connectivity index (χ0) is 17.0. The van der Waals surface area contributed by atoms with Crippen LogP contribution in [0.25, 0.3) is 0 Å². The van der Waals surface area contributed by atoms with E-state index in [2.05, 4.69) is 26.0 Å². The molecule has 1 aliphatic carbocycles. The van der Waals surface area contributed by atoms with E-state index in [1.165, 1.54) is 0 Å². The van der Waals surface area contributed by atoms with Crippen molar-refractivity contribution in [2.45, 2.75) is 44.1 Å². The first kappa shape index (κ1) is 15.5. The molecule has 24 heavy (non-hydrogen) atoms. The number of carbonyl (C=O) groups excluding carboxylic acids is 2. The molecule has 1 aromatic carbocycles. The third-order valence-corrected chi connectivity index (χ3v) is 6.08. The Kier molecular flexibility index (Phi) is 3.21. The lowest BCUT2D eigenvalue weighted by atomic mass is 9.85. The molecule has 1 amide bonds. The molecule has 3 aliphatic rings. The number of piperidine rings is 1. The van der Waals surface area contributed by atoms with Crippen molar-refractivity contribution in [3.05, 3.63) is 35.9 Å². The maximum atomic E-state index is 13.4. The van der Waals surface area contributed by atoms with Crippen molar-refractivity contribution in [1.82, 2.24) is 4.90 Å². The molecule has 128 valence electrons. The first-order valence-corrected chi connectivity index (χ1v) is 8.59. The fraction of sp³-hybridized carbons (Fsp3) is 0.579. The minimum Gasteiger partial charge on any atom is -0.430 e. The molecule has 5 heteroatoms. The van der Waals surface area contributed by atoms with Crippen LogP contribution in [-0.2, 0) is 19.7 Å². The normalized spacial score (nSPS) is 29.9. The van der Waals surface area contributed by atoms with Gasteiger partial charge in [0.05, 0.1) is 5.41 Å². The smallest absolute Gasteiger partial charge is 0.430 e. The molecule has 1 unspecified atom stereocenters. The number of likely N-dealkylation sites (tertiary alicyclic amines) is 1.